The summed E-state index contributed by atoms with van der Waals surface area (Å²) in [4.78, 5) is 13.3. The molecule has 1 fully saturated rings. The van der Waals surface area contributed by atoms with Gasteiger partial charge in [0.25, 0.3) is 0 Å². The van der Waals surface area contributed by atoms with Crippen LogP contribution in [0.1, 0.15) is 5.56 Å². The van der Waals surface area contributed by atoms with Gasteiger partial charge in [-0.15, -0.1) is 11.6 Å². The maximum absolute atomic E-state index is 12.0. The molecular weight excluding hydrogens is 302 g/mol. The van der Waals surface area contributed by atoms with Crippen molar-refractivity contribution >= 4 is 33.0 Å². The Morgan fingerprint density at radius 3 is 2.40 bits per heavy atom. The van der Waals surface area contributed by atoms with Gasteiger partial charge in [0.2, 0.25) is 5.91 Å². The van der Waals surface area contributed by atoms with E-state index in [0.29, 0.717) is 5.69 Å². The number of aliphatic hydroxyl groups is 1. The number of aryl methyl sites for hydroxylation is 1. The van der Waals surface area contributed by atoms with Gasteiger partial charge in [-0.05, 0) is 19.1 Å². The van der Waals surface area contributed by atoms with Crippen molar-refractivity contribution < 1.29 is 18.3 Å². The van der Waals surface area contributed by atoms with Gasteiger partial charge in [0.05, 0.1) is 23.7 Å². The molecule has 110 valence electrons. The monoisotopic (exact) mass is 317 g/mol. The molecular formula is C13H16ClNO4S. The number of benzene rings is 1. The SMILES string of the molecule is Cc1ccc(N(C(=O)CCl)[C@H]2CS(=O)(=O)C[C@H]2O)cc1. The minimum absolute atomic E-state index is 0.245. The molecule has 1 N–H and O–H groups in total. The number of aliphatic hydroxyl groups excluding tert-OH is 1. The van der Waals surface area contributed by atoms with Crippen LogP contribution in [0.2, 0.25) is 0 Å². The lowest BCUT2D eigenvalue weighted by atomic mass is 10.1. The number of sulfone groups is 1. The number of hydrogen-bond acceptors (Lipinski definition) is 4. The fourth-order valence-corrected chi connectivity index (χ4v) is 4.25. The summed E-state index contributed by atoms with van der Waals surface area (Å²) in [6.07, 6.45) is -1.09. The summed E-state index contributed by atoms with van der Waals surface area (Å²) in [5, 5.41) is 9.94. The Bertz CT molecular complexity index is 599. The number of carbonyl (C=O) groups is 1. The second-order valence-corrected chi connectivity index (χ2v) is 7.37. The number of halogens is 1. The molecule has 7 heteroatoms. The lowest BCUT2D eigenvalue weighted by Crippen LogP contribution is -2.47. The Hall–Kier alpha value is -1.11. The predicted molar refractivity (Wildman–Crippen MR) is 77.8 cm³/mol. The van der Waals surface area contributed by atoms with E-state index in [9.17, 15) is 18.3 Å². The molecule has 0 spiro atoms. The van der Waals surface area contributed by atoms with Gasteiger partial charge >= 0.3 is 0 Å². The van der Waals surface area contributed by atoms with E-state index in [1.807, 2.05) is 19.1 Å². The van der Waals surface area contributed by atoms with Gasteiger partial charge < -0.3 is 10.0 Å². The number of carbonyl (C=O) groups excluding carboxylic acids is 1. The molecule has 1 aromatic rings. The van der Waals surface area contributed by atoms with Gasteiger partial charge in [0.15, 0.2) is 9.84 Å². The molecule has 0 aromatic heterocycles. The maximum Gasteiger partial charge on any atom is 0.242 e. The van der Waals surface area contributed by atoms with Crippen LogP contribution in [0.25, 0.3) is 0 Å². The zero-order valence-corrected chi connectivity index (χ0v) is 12.6. The molecule has 0 unspecified atom stereocenters. The van der Waals surface area contributed by atoms with Crippen LogP contribution in [-0.2, 0) is 14.6 Å². The highest BCUT2D eigenvalue weighted by Crippen LogP contribution is 2.25. The molecule has 1 amide bonds. The summed E-state index contributed by atoms with van der Waals surface area (Å²) in [6.45, 7) is 1.91. The first kappa shape index (κ1) is 15.3. The second kappa shape index (κ2) is 5.71. The molecule has 20 heavy (non-hydrogen) atoms. The van der Waals surface area contributed by atoms with Crippen molar-refractivity contribution in [1.29, 1.82) is 0 Å². The van der Waals surface area contributed by atoms with E-state index in [2.05, 4.69) is 0 Å². The fourth-order valence-electron chi connectivity index (χ4n) is 2.35. The van der Waals surface area contributed by atoms with Crippen molar-refractivity contribution in [3.63, 3.8) is 0 Å². The molecule has 2 atom stereocenters. The molecule has 0 radical (unpaired) electrons. The Morgan fingerprint density at radius 1 is 1.35 bits per heavy atom. The fraction of sp³-hybridized carbons (Fsp3) is 0.462. The first-order valence-electron chi connectivity index (χ1n) is 6.17. The highest BCUT2D eigenvalue weighted by molar-refractivity contribution is 7.91. The van der Waals surface area contributed by atoms with Crippen molar-refractivity contribution in [1.82, 2.24) is 0 Å². The van der Waals surface area contributed by atoms with Crippen LogP contribution in [0.15, 0.2) is 24.3 Å². The molecule has 2 rings (SSSR count). The molecule has 1 saturated heterocycles. The van der Waals surface area contributed by atoms with Crippen molar-refractivity contribution in [2.45, 2.75) is 19.1 Å². The second-order valence-electron chi connectivity index (χ2n) is 4.94. The van der Waals surface area contributed by atoms with E-state index >= 15 is 0 Å². The maximum atomic E-state index is 12.0. The van der Waals surface area contributed by atoms with Crippen molar-refractivity contribution in [3.8, 4) is 0 Å². The highest BCUT2D eigenvalue weighted by atomic mass is 35.5. The van der Waals surface area contributed by atoms with Crippen LogP contribution in [0.5, 0.6) is 0 Å². The smallest absolute Gasteiger partial charge is 0.242 e. The number of nitrogens with zero attached hydrogens (tertiary/aromatic N) is 1. The van der Waals surface area contributed by atoms with Gasteiger partial charge in [-0.25, -0.2) is 8.42 Å². The van der Waals surface area contributed by atoms with E-state index < -0.39 is 27.9 Å². The van der Waals surface area contributed by atoms with Gasteiger partial charge in [-0.2, -0.15) is 0 Å². The quantitative estimate of drug-likeness (QED) is 0.834. The van der Waals surface area contributed by atoms with Crippen LogP contribution in [-0.4, -0.2) is 49.0 Å². The summed E-state index contributed by atoms with van der Waals surface area (Å²) < 4.78 is 23.2. The third-order valence-electron chi connectivity index (χ3n) is 3.32. The van der Waals surface area contributed by atoms with Gasteiger partial charge in [0, 0.05) is 5.69 Å². The minimum atomic E-state index is -3.33. The molecule has 5 nitrogen and oxygen atoms in total. The van der Waals surface area contributed by atoms with Crippen LogP contribution < -0.4 is 4.90 Å². The lowest BCUT2D eigenvalue weighted by Gasteiger charge is -2.30. The number of hydrogen-bond donors (Lipinski definition) is 1. The molecule has 1 aromatic carbocycles. The van der Waals surface area contributed by atoms with Crippen molar-refractivity contribution in [3.05, 3.63) is 29.8 Å². The normalized spacial score (nSPS) is 24.6. The third-order valence-corrected chi connectivity index (χ3v) is 5.25. The summed E-state index contributed by atoms with van der Waals surface area (Å²) in [5.41, 5.74) is 1.56. The van der Waals surface area contributed by atoms with Gasteiger partial charge in [0.1, 0.15) is 5.88 Å². The molecule has 1 aliphatic heterocycles. The number of alkyl halides is 1. The standard InChI is InChI=1S/C13H16ClNO4S/c1-9-2-4-10(5-3-9)15(13(17)6-14)11-7-20(18,19)8-12(11)16/h2-5,11-12,16H,6-8H2,1H3/t11-,12+/m0/s1. The van der Waals surface area contributed by atoms with Gasteiger partial charge in [-0.3, -0.25) is 4.79 Å². The Balaban J connectivity index is 2.38. The average molecular weight is 318 g/mol. The minimum Gasteiger partial charge on any atom is -0.390 e. The van der Waals surface area contributed by atoms with E-state index in [1.165, 1.54) is 4.90 Å². The third kappa shape index (κ3) is 3.13. The summed E-state index contributed by atoms with van der Waals surface area (Å²) in [5.74, 6) is -1.26. The first-order valence-corrected chi connectivity index (χ1v) is 8.53. The van der Waals surface area contributed by atoms with Crippen molar-refractivity contribution in [2.75, 3.05) is 22.3 Å². The molecule has 0 aliphatic carbocycles. The van der Waals surface area contributed by atoms with Crippen LogP contribution >= 0.6 is 11.6 Å². The van der Waals surface area contributed by atoms with Crippen LogP contribution in [0, 0.1) is 6.92 Å². The average Bonchev–Trinajstić information content (AvgIpc) is 2.65. The van der Waals surface area contributed by atoms with Crippen molar-refractivity contribution in [2.24, 2.45) is 0 Å². The molecule has 1 aliphatic rings. The van der Waals surface area contributed by atoms with E-state index in [4.69, 9.17) is 11.6 Å². The zero-order valence-electron chi connectivity index (χ0n) is 11.0. The highest BCUT2D eigenvalue weighted by Gasteiger charge is 2.42. The number of amides is 1. The lowest BCUT2D eigenvalue weighted by molar-refractivity contribution is -0.117. The topological polar surface area (TPSA) is 74.7 Å². The molecule has 0 saturated carbocycles. The summed E-state index contributed by atoms with van der Waals surface area (Å²) in [6, 6.07) is 6.29. The Kier molecular flexibility index (Phi) is 4.36. The predicted octanol–water partition coefficient (Wildman–Crippen LogP) is 0.725. The Labute approximate surface area is 123 Å². The van der Waals surface area contributed by atoms with Crippen LogP contribution in [0.3, 0.4) is 0 Å². The van der Waals surface area contributed by atoms with E-state index in [-0.39, 0.29) is 17.4 Å². The number of anilines is 1. The molecule has 0 bridgehead atoms. The summed E-state index contributed by atoms with van der Waals surface area (Å²) in [7, 11) is -3.33. The van der Waals surface area contributed by atoms with E-state index in [0.717, 1.165) is 5.56 Å². The molecule has 1 heterocycles. The Morgan fingerprint density at radius 2 is 1.95 bits per heavy atom. The zero-order chi connectivity index (χ0) is 14.9. The summed E-state index contributed by atoms with van der Waals surface area (Å²) >= 11 is 5.60. The first-order chi connectivity index (χ1) is 9.34. The van der Waals surface area contributed by atoms with Gasteiger partial charge in [-0.1, -0.05) is 17.7 Å². The number of rotatable bonds is 3. The van der Waals surface area contributed by atoms with E-state index in [1.54, 1.807) is 12.1 Å². The largest absolute Gasteiger partial charge is 0.390 e. The van der Waals surface area contributed by atoms with Crippen LogP contribution in [0.4, 0.5) is 5.69 Å².